The van der Waals surface area contributed by atoms with E-state index in [-0.39, 0.29) is 12.3 Å². The Bertz CT molecular complexity index is 890. The number of nitrogens with one attached hydrogen (secondary N) is 1. The van der Waals surface area contributed by atoms with Gasteiger partial charge in [-0.1, -0.05) is 40.9 Å². The average Bonchev–Trinajstić information content (AvgIpc) is 3.18. The number of amides is 1. The summed E-state index contributed by atoms with van der Waals surface area (Å²) >= 11 is 17.7. The minimum atomic E-state index is -0.147. The van der Waals surface area contributed by atoms with Gasteiger partial charge < -0.3 is 5.32 Å². The highest BCUT2D eigenvalue weighted by Gasteiger charge is 2.07. The highest BCUT2D eigenvalue weighted by Crippen LogP contribution is 2.23. The lowest BCUT2D eigenvalue weighted by Crippen LogP contribution is -2.15. The molecule has 2 heterocycles. The van der Waals surface area contributed by atoms with Crippen LogP contribution in [0.2, 0.25) is 15.1 Å². The molecular weight excluding hydrogens is 385 g/mol. The number of carbonyl (C=O) groups is 1. The average molecular weight is 399 g/mol. The van der Waals surface area contributed by atoms with Gasteiger partial charge in [-0.05, 0) is 17.7 Å². The Hall–Kier alpha value is -2.02. The minimum absolute atomic E-state index is 0.147. The predicted octanol–water partition coefficient (Wildman–Crippen LogP) is 4.12. The second-order valence-electron chi connectivity index (χ2n) is 5.37. The lowest BCUT2D eigenvalue weighted by Gasteiger charge is -2.04. The van der Waals surface area contributed by atoms with E-state index < -0.39 is 0 Å². The fraction of sp³-hybridized carbons (Fsp3) is 0.188. The molecule has 0 saturated heterocycles. The molecule has 0 unspecified atom stereocenters. The van der Waals surface area contributed by atoms with Crippen LogP contribution in [-0.2, 0) is 17.9 Å². The van der Waals surface area contributed by atoms with E-state index in [1.165, 1.54) is 6.20 Å². The van der Waals surface area contributed by atoms with E-state index in [1.54, 1.807) is 40.0 Å². The summed E-state index contributed by atoms with van der Waals surface area (Å²) in [7, 11) is 0. The number of carbonyl (C=O) groups excluding carboxylic acids is 1. The molecule has 0 aliphatic carbocycles. The monoisotopic (exact) mass is 397 g/mol. The Labute approximate surface area is 159 Å². The lowest BCUT2D eigenvalue weighted by molar-refractivity contribution is -0.116. The molecule has 1 aromatic carbocycles. The van der Waals surface area contributed by atoms with Crippen molar-refractivity contribution in [1.82, 2.24) is 19.6 Å². The zero-order valence-corrected chi connectivity index (χ0v) is 15.3. The van der Waals surface area contributed by atoms with Crippen LogP contribution in [0.1, 0.15) is 12.0 Å². The van der Waals surface area contributed by atoms with E-state index in [0.717, 1.165) is 5.56 Å². The second-order valence-corrected chi connectivity index (χ2v) is 6.62. The van der Waals surface area contributed by atoms with Gasteiger partial charge in [0.1, 0.15) is 0 Å². The number of halogens is 3. The van der Waals surface area contributed by atoms with Gasteiger partial charge in [-0.3, -0.25) is 14.2 Å². The fourth-order valence-corrected chi connectivity index (χ4v) is 2.70. The van der Waals surface area contributed by atoms with Gasteiger partial charge in [0.15, 0.2) is 5.82 Å². The van der Waals surface area contributed by atoms with Gasteiger partial charge >= 0.3 is 0 Å². The molecule has 6 nitrogen and oxygen atoms in total. The summed E-state index contributed by atoms with van der Waals surface area (Å²) in [5.74, 6) is 0.343. The number of aromatic nitrogens is 4. The van der Waals surface area contributed by atoms with Crippen LogP contribution in [0.3, 0.4) is 0 Å². The van der Waals surface area contributed by atoms with E-state index in [0.29, 0.717) is 34.0 Å². The topological polar surface area (TPSA) is 64.7 Å². The smallest absolute Gasteiger partial charge is 0.227 e. The van der Waals surface area contributed by atoms with Crippen molar-refractivity contribution < 1.29 is 4.79 Å². The number of hydrogen-bond acceptors (Lipinski definition) is 3. The molecule has 3 aromatic rings. The zero-order valence-electron chi connectivity index (χ0n) is 13.0. The molecule has 25 heavy (non-hydrogen) atoms. The summed E-state index contributed by atoms with van der Waals surface area (Å²) in [6, 6.07) is 7.15. The Kier molecular flexibility index (Phi) is 5.63. The first-order valence-electron chi connectivity index (χ1n) is 7.45. The molecule has 0 radical (unpaired) electrons. The van der Waals surface area contributed by atoms with Gasteiger partial charge in [0, 0.05) is 31.4 Å². The molecule has 0 spiro atoms. The van der Waals surface area contributed by atoms with Gasteiger partial charge in [-0.25, -0.2) is 0 Å². The van der Waals surface area contributed by atoms with Crippen LogP contribution in [0.15, 0.2) is 42.9 Å². The Morgan fingerprint density at radius 1 is 1.12 bits per heavy atom. The molecule has 0 fully saturated rings. The summed E-state index contributed by atoms with van der Waals surface area (Å²) in [5.41, 5.74) is 0.964. The van der Waals surface area contributed by atoms with Crippen molar-refractivity contribution in [3.63, 3.8) is 0 Å². The van der Waals surface area contributed by atoms with E-state index in [2.05, 4.69) is 15.5 Å². The molecule has 2 aromatic heterocycles. The zero-order chi connectivity index (χ0) is 17.8. The van der Waals surface area contributed by atoms with Crippen LogP contribution in [0.25, 0.3) is 0 Å². The number of hydrogen-bond donors (Lipinski definition) is 1. The van der Waals surface area contributed by atoms with Crippen molar-refractivity contribution in [2.45, 2.75) is 19.5 Å². The van der Waals surface area contributed by atoms with Crippen LogP contribution in [-0.4, -0.2) is 25.5 Å². The van der Waals surface area contributed by atoms with E-state index in [1.807, 2.05) is 6.07 Å². The molecule has 9 heteroatoms. The third kappa shape index (κ3) is 4.98. The van der Waals surface area contributed by atoms with Gasteiger partial charge in [0.2, 0.25) is 5.91 Å². The second kappa shape index (κ2) is 7.91. The summed E-state index contributed by atoms with van der Waals surface area (Å²) in [6.45, 7) is 0.973. The van der Waals surface area contributed by atoms with Crippen molar-refractivity contribution in [3.05, 3.63) is 63.5 Å². The lowest BCUT2D eigenvalue weighted by atomic mass is 10.2. The van der Waals surface area contributed by atoms with E-state index in [9.17, 15) is 4.79 Å². The van der Waals surface area contributed by atoms with E-state index in [4.69, 9.17) is 34.8 Å². The molecule has 1 N–H and O–H groups in total. The molecule has 130 valence electrons. The molecule has 3 rings (SSSR count). The number of anilines is 1. The van der Waals surface area contributed by atoms with Crippen LogP contribution in [0, 0.1) is 0 Å². The Balaban J connectivity index is 1.53. The van der Waals surface area contributed by atoms with Crippen LogP contribution < -0.4 is 5.32 Å². The third-order valence-corrected chi connectivity index (χ3v) is 4.34. The molecule has 1 amide bonds. The minimum Gasteiger partial charge on any atom is -0.309 e. The first-order chi connectivity index (χ1) is 12.0. The molecule has 0 aliphatic rings. The number of nitrogens with zero attached hydrogens (tertiary/aromatic N) is 4. The third-order valence-electron chi connectivity index (χ3n) is 3.41. The summed E-state index contributed by atoms with van der Waals surface area (Å²) in [5, 5.41) is 12.7. The highest BCUT2D eigenvalue weighted by molar-refractivity contribution is 6.42. The Morgan fingerprint density at radius 3 is 2.68 bits per heavy atom. The van der Waals surface area contributed by atoms with Crippen molar-refractivity contribution in [2.24, 2.45) is 0 Å². The molecular formula is C16H14Cl3N5O. The first kappa shape index (κ1) is 17.8. The summed E-state index contributed by atoms with van der Waals surface area (Å²) < 4.78 is 3.33. The number of aryl methyl sites for hydroxylation is 1. The SMILES string of the molecule is O=C(CCn1cc(Cl)cn1)Nc1ccn(Cc2ccc(Cl)c(Cl)c2)n1. The quantitative estimate of drug-likeness (QED) is 0.679. The van der Waals surface area contributed by atoms with Gasteiger partial charge in [0.25, 0.3) is 0 Å². The highest BCUT2D eigenvalue weighted by atomic mass is 35.5. The van der Waals surface area contributed by atoms with Crippen LogP contribution in [0.5, 0.6) is 0 Å². The maximum absolute atomic E-state index is 12.0. The summed E-state index contributed by atoms with van der Waals surface area (Å²) in [4.78, 5) is 12.0. The maximum Gasteiger partial charge on any atom is 0.227 e. The van der Waals surface area contributed by atoms with Crippen LogP contribution >= 0.6 is 34.8 Å². The van der Waals surface area contributed by atoms with Gasteiger partial charge in [-0.2, -0.15) is 10.2 Å². The molecule has 0 atom stereocenters. The summed E-state index contributed by atoms with van der Waals surface area (Å²) in [6.07, 6.45) is 5.26. The van der Waals surface area contributed by atoms with E-state index >= 15 is 0 Å². The van der Waals surface area contributed by atoms with Crippen molar-refractivity contribution in [1.29, 1.82) is 0 Å². The number of rotatable bonds is 6. The van der Waals surface area contributed by atoms with Crippen molar-refractivity contribution in [3.8, 4) is 0 Å². The van der Waals surface area contributed by atoms with Gasteiger partial charge in [-0.15, -0.1) is 0 Å². The first-order valence-corrected chi connectivity index (χ1v) is 8.58. The Morgan fingerprint density at radius 2 is 1.96 bits per heavy atom. The van der Waals surface area contributed by atoms with Crippen LogP contribution in [0.4, 0.5) is 5.82 Å². The molecule has 0 bridgehead atoms. The largest absolute Gasteiger partial charge is 0.309 e. The van der Waals surface area contributed by atoms with Crippen molar-refractivity contribution >= 4 is 46.5 Å². The maximum atomic E-state index is 12.0. The number of benzene rings is 1. The van der Waals surface area contributed by atoms with Crippen molar-refractivity contribution in [2.75, 3.05) is 5.32 Å². The standard InChI is InChI=1S/C16H14Cl3N5O/c17-12-8-20-23(10-12)6-4-16(25)21-15-3-5-24(22-15)9-11-1-2-13(18)14(19)7-11/h1-3,5,7-8,10H,4,6,9H2,(H,21,22,25). The van der Waals surface area contributed by atoms with Gasteiger partial charge in [0.05, 0.1) is 27.8 Å². The molecule has 0 aliphatic heterocycles. The normalized spacial score (nSPS) is 10.8. The fourth-order valence-electron chi connectivity index (χ4n) is 2.22. The molecule has 0 saturated carbocycles. The predicted molar refractivity (Wildman–Crippen MR) is 98.3 cm³/mol.